The van der Waals surface area contributed by atoms with Gasteiger partial charge in [-0.15, -0.1) is 0 Å². The maximum absolute atomic E-state index is 12.6. The SMILES string of the molecule is CC1(CO)CCCC1NC(=O)C1OCCc2ccccc21. The monoisotopic (exact) mass is 289 g/mol. The molecule has 1 amide bonds. The average Bonchev–Trinajstić information content (AvgIpc) is 2.88. The van der Waals surface area contributed by atoms with Gasteiger partial charge in [-0.1, -0.05) is 37.6 Å². The van der Waals surface area contributed by atoms with E-state index < -0.39 is 6.10 Å². The van der Waals surface area contributed by atoms with Crippen molar-refractivity contribution in [1.29, 1.82) is 0 Å². The van der Waals surface area contributed by atoms with Crippen LogP contribution < -0.4 is 5.32 Å². The Hall–Kier alpha value is -1.39. The summed E-state index contributed by atoms with van der Waals surface area (Å²) in [6, 6.07) is 8.01. The van der Waals surface area contributed by atoms with Crippen molar-refractivity contribution in [3.8, 4) is 0 Å². The minimum absolute atomic E-state index is 0.0349. The highest BCUT2D eigenvalue weighted by molar-refractivity contribution is 5.83. The molecule has 1 aliphatic carbocycles. The van der Waals surface area contributed by atoms with Crippen LogP contribution in [0.4, 0.5) is 0 Å². The third-order valence-electron chi connectivity index (χ3n) is 4.99. The van der Waals surface area contributed by atoms with Crippen molar-refractivity contribution in [2.75, 3.05) is 13.2 Å². The van der Waals surface area contributed by atoms with Crippen LogP contribution in [0.3, 0.4) is 0 Å². The summed E-state index contributed by atoms with van der Waals surface area (Å²) >= 11 is 0. The molecule has 1 aromatic carbocycles. The predicted octanol–water partition coefficient (Wildman–Crippen LogP) is 1.97. The quantitative estimate of drug-likeness (QED) is 0.894. The first kappa shape index (κ1) is 14.5. The molecule has 1 fully saturated rings. The standard InChI is InChI=1S/C17H23NO3/c1-17(11-19)9-4-7-14(17)18-16(20)15-13-6-3-2-5-12(13)8-10-21-15/h2-3,5-6,14-15,19H,4,7-11H2,1H3,(H,18,20). The van der Waals surface area contributed by atoms with E-state index in [2.05, 4.69) is 11.4 Å². The molecule has 2 aliphatic rings. The summed E-state index contributed by atoms with van der Waals surface area (Å²) in [5, 5.41) is 12.7. The Balaban J connectivity index is 1.75. The first-order valence-corrected chi connectivity index (χ1v) is 7.75. The van der Waals surface area contributed by atoms with E-state index in [0.29, 0.717) is 6.61 Å². The van der Waals surface area contributed by atoms with Crippen LogP contribution in [-0.4, -0.2) is 30.3 Å². The minimum Gasteiger partial charge on any atom is -0.396 e. The molecule has 3 unspecified atom stereocenters. The Kier molecular flexibility index (Phi) is 4.00. The lowest BCUT2D eigenvalue weighted by molar-refractivity contribution is -0.135. The van der Waals surface area contributed by atoms with Gasteiger partial charge in [0.1, 0.15) is 0 Å². The van der Waals surface area contributed by atoms with Gasteiger partial charge in [-0.2, -0.15) is 0 Å². The Labute approximate surface area is 125 Å². The van der Waals surface area contributed by atoms with E-state index in [1.807, 2.05) is 25.1 Å². The summed E-state index contributed by atoms with van der Waals surface area (Å²) in [5.74, 6) is -0.0753. The van der Waals surface area contributed by atoms with E-state index in [4.69, 9.17) is 4.74 Å². The lowest BCUT2D eigenvalue weighted by atomic mass is 9.85. The summed E-state index contributed by atoms with van der Waals surface area (Å²) in [6.07, 6.45) is 3.27. The molecular weight excluding hydrogens is 266 g/mol. The van der Waals surface area contributed by atoms with Gasteiger partial charge >= 0.3 is 0 Å². The van der Waals surface area contributed by atoms with Gasteiger partial charge in [0.25, 0.3) is 5.91 Å². The van der Waals surface area contributed by atoms with Gasteiger partial charge in [0.2, 0.25) is 0 Å². The van der Waals surface area contributed by atoms with Gasteiger partial charge in [0.15, 0.2) is 6.10 Å². The highest BCUT2D eigenvalue weighted by Gasteiger charge is 2.40. The topological polar surface area (TPSA) is 58.6 Å². The fourth-order valence-corrected chi connectivity index (χ4v) is 3.53. The summed E-state index contributed by atoms with van der Waals surface area (Å²) in [4.78, 5) is 12.6. The van der Waals surface area contributed by atoms with Crippen LogP contribution in [0.25, 0.3) is 0 Å². The van der Waals surface area contributed by atoms with Crippen molar-refractivity contribution < 1.29 is 14.6 Å². The number of rotatable bonds is 3. The number of hydrogen-bond donors (Lipinski definition) is 2. The molecule has 1 heterocycles. The smallest absolute Gasteiger partial charge is 0.254 e. The summed E-state index contributed by atoms with van der Waals surface area (Å²) < 4.78 is 5.70. The zero-order valence-corrected chi connectivity index (χ0v) is 12.5. The fourth-order valence-electron chi connectivity index (χ4n) is 3.53. The molecule has 0 aromatic heterocycles. The van der Waals surface area contributed by atoms with Crippen LogP contribution in [0.1, 0.15) is 43.4 Å². The van der Waals surface area contributed by atoms with Gasteiger partial charge < -0.3 is 15.2 Å². The van der Waals surface area contributed by atoms with E-state index in [-0.39, 0.29) is 24.0 Å². The van der Waals surface area contributed by atoms with Gasteiger partial charge in [0, 0.05) is 11.5 Å². The molecule has 21 heavy (non-hydrogen) atoms. The van der Waals surface area contributed by atoms with Crippen molar-refractivity contribution >= 4 is 5.91 Å². The average molecular weight is 289 g/mol. The third kappa shape index (κ3) is 2.70. The van der Waals surface area contributed by atoms with E-state index in [1.165, 1.54) is 5.56 Å². The van der Waals surface area contributed by atoms with Crippen LogP contribution in [0.15, 0.2) is 24.3 Å². The van der Waals surface area contributed by atoms with Gasteiger partial charge in [-0.05, 0) is 30.4 Å². The van der Waals surface area contributed by atoms with E-state index in [9.17, 15) is 9.90 Å². The lowest BCUT2D eigenvalue weighted by Crippen LogP contribution is -2.47. The molecule has 0 saturated heterocycles. The maximum atomic E-state index is 12.6. The number of ether oxygens (including phenoxy) is 1. The zero-order chi connectivity index (χ0) is 14.9. The van der Waals surface area contributed by atoms with Crippen molar-refractivity contribution in [2.24, 2.45) is 5.41 Å². The van der Waals surface area contributed by atoms with Crippen LogP contribution in [0, 0.1) is 5.41 Å². The van der Waals surface area contributed by atoms with E-state index in [0.717, 1.165) is 31.2 Å². The molecule has 0 spiro atoms. The molecule has 3 atom stereocenters. The molecule has 0 radical (unpaired) electrons. The molecule has 1 aliphatic heterocycles. The summed E-state index contributed by atoms with van der Waals surface area (Å²) in [5.41, 5.74) is 1.97. The van der Waals surface area contributed by atoms with Crippen LogP contribution in [0.5, 0.6) is 0 Å². The van der Waals surface area contributed by atoms with Crippen molar-refractivity contribution in [2.45, 2.75) is 44.8 Å². The first-order valence-electron chi connectivity index (χ1n) is 7.75. The van der Waals surface area contributed by atoms with E-state index in [1.54, 1.807) is 0 Å². The molecule has 4 heteroatoms. The van der Waals surface area contributed by atoms with Crippen LogP contribution >= 0.6 is 0 Å². The number of fused-ring (bicyclic) bond motifs is 1. The predicted molar refractivity (Wildman–Crippen MR) is 79.8 cm³/mol. The van der Waals surface area contributed by atoms with Crippen molar-refractivity contribution in [3.63, 3.8) is 0 Å². The molecular formula is C17H23NO3. The number of benzene rings is 1. The number of nitrogens with one attached hydrogen (secondary N) is 1. The second-order valence-electron chi connectivity index (χ2n) is 6.47. The normalized spacial score (nSPS) is 31.7. The molecule has 1 aromatic rings. The number of carbonyl (C=O) groups excluding carboxylic acids is 1. The second-order valence-corrected chi connectivity index (χ2v) is 6.47. The van der Waals surface area contributed by atoms with Crippen LogP contribution in [-0.2, 0) is 16.0 Å². The largest absolute Gasteiger partial charge is 0.396 e. The Morgan fingerprint density at radius 2 is 2.29 bits per heavy atom. The van der Waals surface area contributed by atoms with E-state index >= 15 is 0 Å². The summed E-state index contributed by atoms with van der Waals surface area (Å²) in [6.45, 7) is 2.73. The lowest BCUT2D eigenvalue weighted by Gasteiger charge is -2.32. The molecule has 0 bridgehead atoms. The van der Waals surface area contributed by atoms with Crippen LogP contribution in [0.2, 0.25) is 0 Å². The van der Waals surface area contributed by atoms with Gasteiger partial charge in [-0.25, -0.2) is 0 Å². The highest BCUT2D eigenvalue weighted by Crippen LogP contribution is 2.38. The molecule has 1 saturated carbocycles. The Morgan fingerprint density at radius 1 is 1.48 bits per heavy atom. The minimum atomic E-state index is -0.515. The molecule has 3 rings (SSSR count). The molecule has 2 N–H and O–H groups in total. The zero-order valence-electron chi connectivity index (χ0n) is 12.5. The Morgan fingerprint density at radius 3 is 3.10 bits per heavy atom. The van der Waals surface area contributed by atoms with Crippen molar-refractivity contribution in [3.05, 3.63) is 35.4 Å². The molecule has 114 valence electrons. The number of aliphatic hydroxyl groups is 1. The maximum Gasteiger partial charge on any atom is 0.254 e. The third-order valence-corrected chi connectivity index (χ3v) is 4.99. The summed E-state index contributed by atoms with van der Waals surface area (Å²) in [7, 11) is 0. The second kappa shape index (κ2) is 5.78. The van der Waals surface area contributed by atoms with Gasteiger partial charge in [-0.3, -0.25) is 4.79 Å². The number of hydrogen-bond acceptors (Lipinski definition) is 3. The highest BCUT2D eigenvalue weighted by atomic mass is 16.5. The number of amides is 1. The van der Waals surface area contributed by atoms with Gasteiger partial charge in [0.05, 0.1) is 13.2 Å². The number of carbonyl (C=O) groups is 1. The Bertz CT molecular complexity index is 531. The van der Waals surface area contributed by atoms with Crippen molar-refractivity contribution in [1.82, 2.24) is 5.32 Å². The number of aliphatic hydroxyl groups excluding tert-OH is 1. The fraction of sp³-hybridized carbons (Fsp3) is 0.588. The molecule has 4 nitrogen and oxygen atoms in total. The first-order chi connectivity index (χ1) is 10.1.